The lowest BCUT2D eigenvalue weighted by molar-refractivity contribution is -0.197. The van der Waals surface area contributed by atoms with Crippen LogP contribution in [0.2, 0.25) is 0 Å². The molecule has 0 bridgehead atoms. The summed E-state index contributed by atoms with van der Waals surface area (Å²) in [5.41, 5.74) is 2.41. The fraction of sp³-hybridized carbons (Fsp3) is 0.500. The molecule has 0 aliphatic heterocycles. The molecule has 4 rings (SSSR count). The molecule has 1 nitrogen and oxygen atoms in total. The lowest BCUT2D eigenvalue weighted by Gasteiger charge is -2.48. The molecule has 0 radical (unpaired) electrons. The van der Waals surface area contributed by atoms with E-state index in [1.165, 1.54) is 49.7 Å². The Hall–Kier alpha value is -0.640. The lowest BCUT2D eigenvalue weighted by atomic mass is 9.75. The third-order valence-electron chi connectivity index (χ3n) is 6.45. The Morgan fingerprint density at radius 1 is 0.519 bits per heavy atom. The average molecular weight is 492 g/mol. The first-order chi connectivity index (χ1) is 13.1. The lowest BCUT2D eigenvalue weighted by Crippen LogP contribution is -2.43. The van der Waals surface area contributed by atoms with Gasteiger partial charge in [0, 0.05) is 8.95 Å². The summed E-state index contributed by atoms with van der Waals surface area (Å²) in [6, 6.07) is 17.8. The Labute approximate surface area is 180 Å². The monoisotopic (exact) mass is 490 g/mol. The Morgan fingerprint density at radius 3 is 1.19 bits per heavy atom. The van der Waals surface area contributed by atoms with Crippen LogP contribution in [0.25, 0.3) is 0 Å². The first-order valence-corrected chi connectivity index (χ1v) is 11.9. The Bertz CT molecular complexity index is 673. The maximum Gasteiger partial charge on any atom is 0.0943 e. The number of rotatable bonds is 4. The standard InChI is InChI=1S/C24H28Br2O/c25-21-11-7-19(8-12-21)23(15-3-1-4-16-23)27-24(17-5-2-6-18-24)20-9-13-22(26)14-10-20/h7-14H,1-6,15-18H2. The van der Waals surface area contributed by atoms with Crippen LogP contribution in [0.3, 0.4) is 0 Å². The van der Waals surface area contributed by atoms with Gasteiger partial charge in [-0.15, -0.1) is 0 Å². The molecule has 2 aliphatic rings. The molecule has 144 valence electrons. The van der Waals surface area contributed by atoms with Crippen LogP contribution in [0.5, 0.6) is 0 Å². The van der Waals surface area contributed by atoms with Crippen LogP contribution in [-0.2, 0) is 15.9 Å². The molecule has 0 saturated heterocycles. The predicted molar refractivity (Wildman–Crippen MR) is 119 cm³/mol. The fourth-order valence-electron chi connectivity index (χ4n) is 5.03. The molecular weight excluding hydrogens is 464 g/mol. The van der Waals surface area contributed by atoms with Crippen molar-refractivity contribution in [1.82, 2.24) is 0 Å². The van der Waals surface area contributed by atoms with Crippen molar-refractivity contribution in [3.05, 3.63) is 68.6 Å². The highest BCUT2D eigenvalue weighted by atomic mass is 79.9. The zero-order valence-corrected chi connectivity index (χ0v) is 19.0. The van der Waals surface area contributed by atoms with Gasteiger partial charge in [-0.05, 0) is 61.1 Å². The van der Waals surface area contributed by atoms with E-state index in [2.05, 4.69) is 80.4 Å². The second kappa shape index (κ2) is 8.39. The van der Waals surface area contributed by atoms with Gasteiger partial charge in [0.2, 0.25) is 0 Å². The summed E-state index contributed by atoms with van der Waals surface area (Å²) in [4.78, 5) is 0. The molecule has 2 saturated carbocycles. The van der Waals surface area contributed by atoms with Crippen LogP contribution in [0.15, 0.2) is 57.5 Å². The van der Waals surface area contributed by atoms with Crippen molar-refractivity contribution < 1.29 is 4.74 Å². The van der Waals surface area contributed by atoms with Gasteiger partial charge in [0.25, 0.3) is 0 Å². The van der Waals surface area contributed by atoms with E-state index in [0.29, 0.717) is 0 Å². The van der Waals surface area contributed by atoms with Gasteiger partial charge >= 0.3 is 0 Å². The number of hydrogen-bond acceptors (Lipinski definition) is 1. The smallest absolute Gasteiger partial charge is 0.0943 e. The minimum absolute atomic E-state index is 0.149. The van der Waals surface area contributed by atoms with E-state index in [1.54, 1.807) is 0 Å². The van der Waals surface area contributed by atoms with Crippen LogP contribution >= 0.6 is 31.9 Å². The number of ether oxygens (including phenoxy) is 1. The van der Waals surface area contributed by atoms with Crippen molar-refractivity contribution in [2.75, 3.05) is 0 Å². The van der Waals surface area contributed by atoms with Gasteiger partial charge in [0.15, 0.2) is 0 Å². The molecule has 0 spiro atoms. The van der Waals surface area contributed by atoms with E-state index in [9.17, 15) is 0 Å². The minimum atomic E-state index is -0.149. The molecule has 0 unspecified atom stereocenters. The molecule has 0 N–H and O–H groups in total. The van der Waals surface area contributed by atoms with Gasteiger partial charge in [-0.2, -0.15) is 0 Å². The van der Waals surface area contributed by atoms with Gasteiger partial charge < -0.3 is 4.74 Å². The molecule has 2 aromatic carbocycles. The topological polar surface area (TPSA) is 9.23 Å². The molecule has 0 amide bonds. The number of benzene rings is 2. The molecule has 0 heterocycles. The van der Waals surface area contributed by atoms with Crippen LogP contribution < -0.4 is 0 Å². The largest absolute Gasteiger partial charge is 0.359 e. The van der Waals surface area contributed by atoms with Gasteiger partial charge in [-0.25, -0.2) is 0 Å². The van der Waals surface area contributed by atoms with E-state index in [4.69, 9.17) is 4.74 Å². The summed E-state index contributed by atoms with van der Waals surface area (Å²) in [5, 5.41) is 0. The zero-order valence-electron chi connectivity index (χ0n) is 15.9. The van der Waals surface area contributed by atoms with E-state index in [1.807, 2.05) is 0 Å². The minimum Gasteiger partial charge on any atom is -0.359 e. The van der Waals surface area contributed by atoms with Crippen molar-refractivity contribution in [2.45, 2.75) is 75.4 Å². The quantitative estimate of drug-likeness (QED) is 0.418. The Morgan fingerprint density at radius 2 is 0.852 bits per heavy atom. The molecule has 0 atom stereocenters. The summed E-state index contributed by atoms with van der Waals surface area (Å²) >= 11 is 7.19. The maximum atomic E-state index is 7.33. The number of halogens is 2. The van der Waals surface area contributed by atoms with Crippen LogP contribution in [-0.4, -0.2) is 0 Å². The third-order valence-corrected chi connectivity index (χ3v) is 7.51. The van der Waals surface area contributed by atoms with E-state index < -0.39 is 0 Å². The van der Waals surface area contributed by atoms with Gasteiger partial charge in [0.05, 0.1) is 11.2 Å². The van der Waals surface area contributed by atoms with Crippen molar-refractivity contribution in [2.24, 2.45) is 0 Å². The van der Waals surface area contributed by atoms with Crippen LogP contribution in [0.1, 0.15) is 75.3 Å². The highest BCUT2D eigenvalue weighted by Crippen LogP contribution is 2.50. The van der Waals surface area contributed by atoms with E-state index >= 15 is 0 Å². The predicted octanol–water partition coefficient (Wildman–Crippen LogP) is 8.25. The Kier molecular flexibility index (Phi) is 6.11. The molecule has 2 fully saturated rings. The summed E-state index contributed by atoms with van der Waals surface area (Å²) in [5.74, 6) is 0. The van der Waals surface area contributed by atoms with Gasteiger partial charge in [0.1, 0.15) is 0 Å². The molecule has 0 aromatic heterocycles. The second-order valence-electron chi connectivity index (χ2n) is 8.23. The molecule has 2 aromatic rings. The van der Waals surface area contributed by atoms with E-state index in [0.717, 1.165) is 34.6 Å². The van der Waals surface area contributed by atoms with Crippen LogP contribution in [0, 0.1) is 0 Å². The second-order valence-corrected chi connectivity index (χ2v) is 10.1. The Balaban J connectivity index is 1.74. The maximum absolute atomic E-state index is 7.33. The van der Waals surface area contributed by atoms with Gasteiger partial charge in [-0.1, -0.05) is 94.7 Å². The third kappa shape index (κ3) is 4.21. The van der Waals surface area contributed by atoms with Gasteiger partial charge in [-0.3, -0.25) is 0 Å². The first kappa shape index (κ1) is 19.7. The number of hydrogen-bond donors (Lipinski definition) is 0. The summed E-state index contributed by atoms with van der Waals surface area (Å²) in [6.45, 7) is 0. The molecule has 2 aliphatic carbocycles. The SMILES string of the molecule is Brc1ccc(C2(OC3(c4ccc(Br)cc4)CCCCC3)CCCCC2)cc1. The van der Waals surface area contributed by atoms with E-state index in [-0.39, 0.29) is 11.2 Å². The highest BCUT2D eigenvalue weighted by molar-refractivity contribution is 9.10. The molecular formula is C24H28Br2O. The first-order valence-electron chi connectivity index (χ1n) is 10.3. The highest BCUT2D eigenvalue weighted by Gasteiger charge is 2.45. The molecule has 3 heteroatoms. The normalized spacial score (nSPS) is 21.7. The molecule has 27 heavy (non-hydrogen) atoms. The summed E-state index contributed by atoms with van der Waals surface area (Å²) < 4.78 is 9.60. The van der Waals surface area contributed by atoms with Crippen LogP contribution in [0.4, 0.5) is 0 Å². The van der Waals surface area contributed by atoms with Crippen molar-refractivity contribution in [1.29, 1.82) is 0 Å². The summed E-state index contributed by atoms with van der Waals surface area (Å²) in [6.07, 6.45) is 12.2. The van der Waals surface area contributed by atoms with Crippen molar-refractivity contribution in [3.8, 4) is 0 Å². The average Bonchev–Trinajstić information content (AvgIpc) is 2.70. The van der Waals surface area contributed by atoms with Crippen molar-refractivity contribution >= 4 is 31.9 Å². The van der Waals surface area contributed by atoms with Crippen molar-refractivity contribution in [3.63, 3.8) is 0 Å². The fourth-order valence-corrected chi connectivity index (χ4v) is 5.56. The summed E-state index contributed by atoms with van der Waals surface area (Å²) in [7, 11) is 0. The zero-order chi connectivity index (χ0) is 18.7.